The molecule has 0 aliphatic heterocycles. The lowest BCUT2D eigenvalue weighted by molar-refractivity contribution is 0.0597. The van der Waals surface area contributed by atoms with Crippen LogP contribution in [0.4, 0.5) is 0 Å². The Balaban J connectivity index is 3.24. The third-order valence-electron chi connectivity index (χ3n) is 1.65. The first-order valence-corrected chi connectivity index (χ1v) is 3.83. The molecule has 13 heavy (non-hydrogen) atoms. The zero-order chi connectivity index (χ0) is 9.84. The van der Waals surface area contributed by atoms with Crippen molar-refractivity contribution in [2.24, 2.45) is 0 Å². The van der Waals surface area contributed by atoms with Gasteiger partial charge >= 0.3 is 5.97 Å². The molecular weight excluding hydrogens is 172 g/mol. The molecule has 1 heterocycles. The van der Waals surface area contributed by atoms with Gasteiger partial charge in [0, 0.05) is 12.7 Å². The average Bonchev–Trinajstić information content (AvgIpc) is 2.17. The summed E-state index contributed by atoms with van der Waals surface area (Å²) in [4.78, 5) is 26.2. The zero-order valence-corrected chi connectivity index (χ0v) is 7.48. The maximum absolute atomic E-state index is 11.4. The molecule has 0 aliphatic rings. The second-order valence-electron chi connectivity index (χ2n) is 2.39. The molecule has 0 saturated carbocycles. The first kappa shape index (κ1) is 9.44. The minimum Gasteiger partial charge on any atom is -0.465 e. The van der Waals surface area contributed by atoms with Gasteiger partial charge in [0.15, 0.2) is 0 Å². The van der Waals surface area contributed by atoms with Crippen molar-refractivity contribution in [3.63, 3.8) is 0 Å². The summed E-state index contributed by atoms with van der Waals surface area (Å²) in [6.45, 7) is 2.28. The largest absolute Gasteiger partial charge is 0.465 e. The number of hydrogen-bond donors (Lipinski definition) is 0. The van der Waals surface area contributed by atoms with E-state index in [1.165, 1.54) is 24.2 Å². The van der Waals surface area contributed by atoms with Crippen LogP contribution in [0.1, 0.15) is 17.3 Å². The molecule has 5 heteroatoms. The molecule has 0 unspecified atom stereocenters. The Labute approximate surface area is 75.0 Å². The third-order valence-corrected chi connectivity index (χ3v) is 1.65. The molecule has 0 aliphatic carbocycles. The molecule has 0 fully saturated rings. The summed E-state index contributed by atoms with van der Waals surface area (Å²) in [5, 5.41) is 0. The minimum absolute atomic E-state index is 0.0353. The molecule has 0 spiro atoms. The van der Waals surface area contributed by atoms with Crippen molar-refractivity contribution in [3.05, 3.63) is 28.4 Å². The number of aromatic nitrogens is 2. The number of carbonyl (C=O) groups excluding carboxylic acids is 1. The highest BCUT2D eigenvalue weighted by Gasteiger charge is 2.11. The van der Waals surface area contributed by atoms with E-state index >= 15 is 0 Å². The van der Waals surface area contributed by atoms with Crippen LogP contribution in [-0.2, 0) is 11.3 Å². The number of carbonyl (C=O) groups is 1. The maximum Gasteiger partial charge on any atom is 0.345 e. The molecule has 70 valence electrons. The summed E-state index contributed by atoms with van der Waals surface area (Å²) in [5.41, 5.74) is -0.406. The fourth-order valence-electron chi connectivity index (χ4n) is 0.926. The predicted molar refractivity (Wildman–Crippen MR) is 45.5 cm³/mol. The van der Waals surface area contributed by atoms with Gasteiger partial charge in [0.05, 0.1) is 13.4 Å². The van der Waals surface area contributed by atoms with Gasteiger partial charge in [0.25, 0.3) is 5.56 Å². The molecule has 0 atom stereocenters. The number of esters is 1. The Bertz CT molecular complexity index is 370. The van der Waals surface area contributed by atoms with Gasteiger partial charge in [0.1, 0.15) is 5.56 Å². The number of aryl methyl sites for hydroxylation is 1. The van der Waals surface area contributed by atoms with E-state index < -0.39 is 5.97 Å². The summed E-state index contributed by atoms with van der Waals surface area (Å²) < 4.78 is 5.76. The van der Waals surface area contributed by atoms with Crippen molar-refractivity contribution < 1.29 is 9.53 Å². The van der Waals surface area contributed by atoms with Gasteiger partial charge in [-0.25, -0.2) is 9.78 Å². The molecule has 0 N–H and O–H groups in total. The second kappa shape index (κ2) is 3.84. The average molecular weight is 182 g/mol. The van der Waals surface area contributed by atoms with E-state index in [1.54, 1.807) is 6.92 Å². The van der Waals surface area contributed by atoms with E-state index in [9.17, 15) is 9.59 Å². The van der Waals surface area contributed by atoms with Crippen molar-refractivity contribution in [2.45, 2.75) is 13.5 Å². The number of rotatable bonds is 2. The molecular formula is C8H10N2O3. The Morgan fingerprint density at radius 2 is 2.38 bits per heavy atom. The molecule has 0 amide bonds. The van der Waals surface area contributed by atoms with E-state index in [2.05, 4.69) is 9.72 Å². The number of methoxy groups -OCH3 is 1. The Morgan fingerprint density at radius 3 is 2.92 bits per heavy atom. The quantitative estimate of drug-likeness (QED) is 0.606. The molecule has 5 nitrogen and oxygen atoms in total. The highest BCUT2D eigenvalue weighted by molar-refractivity contribution is 5.88. The van der Waals surface area contributed by atoms with Crippen LogP contribution in [0.3, 0.4) is 0 Å². The Kier molecular flexibility index (Phi) is 2.79. The smallest absolute Gasteiger partial charge is 0.345 e. The van der Waals surface area contributed by atoms with Crippen molar-refractivity contribution in [1.82, 2.24) is 9.55 Å². The predicted octanol–water partition coefficient (Wildman–Crippen LogP) is 0.0498. The van der Waals surface area contributed by atoms with Gasteiger partial charge in [-0.3, -0.25) is 9.36 Å². The van der Waals surface area contributed by atoms with Crippen LogP contribution in [-0.4, -0.2) is 22.6 Å². The third kappa shape index (κ3) is 1.74. The van der Waals surface area contributed by atoms with Gasteiger partial charge in [-0.1, -0.05) is 0 Å². The SMILES string of the molecule is CCn1cncc(C(=O)OC)c1=O. The van der Waals surface area contributed by atoms with Crippen LogP contribution in [0.25, 0.3) is 0 Å². The van der Waals surface area contributed by atoms with E-state index in [0.717, 1.165) is 0 Å². The monoisotopic (exact) mass is 182 g/mol. The molecule has 0 bridgehead atoms. The van der Waals surface area contributed by atoms with E-state index in [4.69, 9.17) is 0 Å². The Morgan fingerprint density at radius 1 is 1.69 bits per heavy atom. The lowest BCUT2D eigenvalue weighted by Crippen LogP contribution is -2.26. The van der Waals surface area contributed by atoms with Gasteiger partial charge in [-0.15, -0.1) is 0 Å². The van der Waals surface area contributed by atoms with Gasteiger partial charge < -0.3 is 4.74 Å². The van der Waals surface area contributed by atoms with E-state index in [0.29, 0.717) is 6.54 Å². The number of hydrogen-bond acceptors (Lipinski definition) is 4. The topological polar surface area (TPSA) is 61.2 Å². The van der Waals surface area contributed by atoms with Crippen LogP contribution in [0.15, 0.2) is 17.3 Å². The summed E-state index contributed by atoms with van der Waals surface area (Å²) in [7, 11) is 1.23. The van der Waals surface area contributed by atoms with Crippen molar-refractivity contribution >= 4 is 5.97 Å². The van der Waals surface area contributed by atoms with Gasteiger partial charge in [0.2, 0.25) is 0 Å². The lowest BCUT2D eigenvalue weighted by Gasteiger charge is -2.02. The summed E-state index contributed by atoms with van der Waals surface area (Å²) >= 11 is 0. The molecule has 0 saturated heterocycles. The zero-order valence-electron chi connectivity index (χ0n) is 7.48. The van der Waals surface area contributed by atoms with Gasteiger partial charge in [-0.05, 0) is 6.92 Å². The van der Waals surface area contributed by atoms with Crippen LogP contribution in [0, 0.1) is 0 Å². The number of ether oxygens (including phenoxy) is 1. The van der Waals surface area contributed by atoms with Crippen molar-refractivity contribution in [1.29, 1.82) is 0 Å². The summed E-state index contributed by atoms with van der Waals surface area (Å²) in [6, 6.07) is 0. The molecule has 0 aromatic carbocycles. The van der Waals surface area contributed by atoms with Crippen molar-refractivity contribution in [3.8, 4) is 0 Å². The standard InChI is InChI=1S/C8H10N2O3/c1-3-10-5-9-4-6(7(10)11)8(12)13-2/h4-5H,3H2,1-2H3. The van der Waals surface area contributed by atoms with E-state index in [-0.39, 0.29) is 11.1 Å². The number of nitrogens with zero attached hydrogens (tertiary/aromatic N) is 2. The van der Waals surface area contributed by atoms with E-state index in [1.807, 2.05) is 0 Å². The summed E-state index contributed by atoms with van der Waals surface area (Å²) in [6.07, 6.45) is 2.59. The van der Waals surface area contributed by atoms with Crippen LogP contribution in [0.2, 0.25) is 0 Å². The Hall–Kier alpha value is -1.65. The molecule has 0 radical (unpaired) electrons. The van der Waals surface area contributed by atoms with Crippen LogP contribution < -0.4 is 5.56 Å². The highest BCUT2D eigenvalue weighted by Crippen LogP contribution is 1.91. The molecule has 1 aromatic rings. The van der Waals surface area contributed by atoms with Crippen LogP contribution in [0.5, 0.6) is 0 Å². The lowest BCUT2D eigenvalue weighted by atomic mass is 10.3. The van der Waals surface area contributed by atoms with Crippen LogP contribution >= 0.6 is 0 Å². The highest BCUT2D eigenvalue weighted by atomic mass is 16.5. The first-order chi connectivity index (χ1) is 6.20. The van der Waals surface area contributed by atoms with Crippen molar-refractivity contribution in [2.75, 3.05) is 7.11 Å². The normalized spacial score (nSPS) is 9.69. The fourth-order valence-corrected chi connectivity index (χ4v) is 0.926. The molecule has 1 aromatic heterocycles. The maximum atomic E-state index is 11.4. The summed E-state index contributed by atoms with van der Waals surface area (Å²) in [5.74, 6) is -0.652. The molecule has 1 rings (SSSR count). The first-order valence-electron chi connectivity index (χ1n) is 3.83. The fraction of sp³-hybridized carbons (Fsp3) is 0.375. The second-order valence-corrected chi connectivity index (χ2v) is 2.39. The van der Waals surface area contributed by atoms with Gasteiger partial charge in [-0.2, -0.15) is 0 Å². The minimum atomic E-state index is -0.652.